The Hall–Kier alpha value is -1.01. The predicted octanol–water partition coefficient (Wildman–Crippen LogP) is 21.8. The summed E-state index contributed by atoms with van der Waals surface area (Å²) in [6, 6.07) is -0.826. The van der Waals surface area contributed by atoms with E-state index in [1.165, 1.54) is 385 Å². The van der Waals surface area contributed by atoms with Crippen molar-refractivity contribution in [2.24, 2.45) is 0 Å². The summed E-state index contributed by atoms with van der Waals surface area (Å²) < 4.78 is 23.0. The molecule has 2 saturated heterocycles. The van der Waals surface area contributed by atoms with Crippen LogP contribution in [0.2, 0.25) is 0 Å². The van der Waals surface area contributed by atoms with Gasteiger partial charge in [0.1, 0.15) is 48.8 Å². The minimum atomic E-state index is -1.78. The monoisotopic (exact) mass is 1450 g/mol. The molecule has 14 heteroatoms. The van der Waals surface area contributed by atoms with E-state index in [1.807, 2.05) is 0 Å². The summed E-state index contributed by atoms with van der Waals surface area (Å²) in [5.74, 6) is -0.193. The molecule has 1 amide bonds. The number of amides is 1. The number of rotatable bonds is 79. The first kappa shape index (κ1) is 97.1. The summed E-state index contributed by atoms with van der Waals surface area (Å²) in [4.78, 5) is 13.4. The first-order chi connectivity index (χ1) is 50.1. The summed E-state index contributed by atoms with van der Waals surface area (Å²) in [6.45, 7) is 2.96. The molecular formula is C88H173NO13. The summed E-state index contributed by atoms with van der Waals surface area (Å²) in [7, 11) is 0. The predicted molar refractivity (Wildman–Crippen MR) is 425 cm³/mol. The van der Waals surface area contributed by atoms with Gasteiger partial charge in [-0.1, -0.05) is 444 Å². The highest BCUT2D eigenvalue weighted by atomic mass is 16.7. The average Bonchev–Trinajstić information content (AvgIpc) is 0.790. The number of aliphatic hydroxyl groups excluding tert-OH is 8. The number of hydrogen-bond donors (Lipinski definition) is 9. The van der Waals surface area contributed by atoms with Gasteiger partial charge in [0.15, 0.2) is 12.6 Å². The maximum Gasteiger partial charge on any atom is 0.220 e. The molecule has 0 bridgehead atoms. The smallest absolute Gasteiger partial charge is 0.220 e. The van der Waals surface area contributed by atoms with Crippen molar-refractivity contribution >= 4 is 5.91 Å². The number of carbonyl (C=O) groups is 1. The fraction of sp³-hybridized carbons (Fsp3) is 0.989. The third kappa shape index (κ3) is 54.6. The fourth-order valence-electron chi connectivity index (χ4n) is 15.7. The highest BCUT2D eigenvalue weighted by molar-refractivity contribution is 5.76. The molecule has 0 radical (unpaired) electrons. The van der Waals surface area contributed by atoms with E-state index < -0.39 is 86.8 Å². The highest BCUT2D eigenvalue weighted by Gasteiger charge is 2.51. The largest absolute Gasteiger partial charge is 0.394 e. The van der Waals surface area contributed by atoms with Gasteiger partial charge in [0.05, 0.1) is 32.0 Å². The Labute approximate surface area is 629 Å². The minimum absolute atomic E-state index is 0.193. The maximum absolute atomic E-state index is 13.4. The van der Waals surface area contributed by atoms with Gasteiger partial charge >= 0.3 is 0 Å². The Kier molecular flexibility index (Phi) is 69.3. The number of hydrogen-bond acceptors (Lipinski definition) is 13. The van der Waals surface area contributed by atoms with Gasteiger partial charge in [-0.15, -0.1) is 0 Å². The van der Waals surface area contributed by atoms with E-state index in [-0.39, 0.29) is 12.5 Å². The second kappa shape index (κ2) is 72.8. The SMILES string of the molecule is CCCCCCCCCCCCCCCCCCCCCCCCCCCCCCCCCCCCCCCC(=O)NC(COC1OC(CO)C(OC2OC(CO)C(O)C(O)C2O)C(O)C1O)C(O)CCCCCCCCCCCCCCCCCCCCCCCCCCCCCCCCC. The lowest BCUT2D eigenvalue weighted by Crippen LogP contribution is -2.65. The molecule has 12 unspecified atom stereocenters. The average molecular weight is 1450 g/mol. The first-order valence-corrected chi connectivity index (χ1v) is 45.3. The molecule has 0 spiro atoms. The second-order valence-corrected chi connectivity index (χ2v) is 32.5. The lowest BCUT2D eigenvalue weighted by molar-refractivity contribution is -0.359. The molecule has 12 atom stereocenters. The molecular weight excluding hydrogens is 1280 g/mol. The van der Waals surface area contributed by atoms with Crippen LogP contribution in [0, 0.1) is 0 Å². The van der Waals surface area contributed by atoms with E-state index in [2.05, 4.69) is 19.2 Å². The first-order valence-electron chi connectivity index (χ1n) is 45.3. The number of aliphatic hydroxyl groups is 8. The van der Waals surface area contributed by atoms with Crippen LogP contribution in [-0.2, 0) is 23.7 Å². The van der Waals surface area contributed by atoms with Crippen LogP contribution < -0.4 is 5.32 Å². The zero-order chi connectivity index (χ0) is 73.7. The van der Waals surface area contributed by atoms with Crippen LogP contribution >= 0.6 is 0 Å². The van der Waals surface area contributed by atoms with E-state index in [0.29, 0.717) is 12.8 Å². The Morgan fingerprint density at radius 1 is 0.314 bits per heavy atom. The van der Waals surface area contributed by atoms with Crippen molar-refractivity contribution in [2.45, 2.75) is 537 Å². The van der Waals surface area contributed by atoms with Crippen molar-refractivity contribution in [1.82, 2.24) is 5.32 Å². The number of ether oxygens (including phenoxy) is 4. The molecule has 2 aliphatic rings. The Morgan fingerprint density at radius 2 is 0.559 bits per heavy atom. The van der Waals surface area contributed by atoms with Gasteiger partial charge in [-0.25, -0.2) is 0 Å². The summed E-state index contributed by atoms with van der Waals surface area (Å²) in [5.41, 5.74) is 0. The van der Waals surface area contributed by atoms with E-state index in [4.69, 9.17) is 18.9 Å². The zero-order valence-electron chi connectivity index (χ0n) is 67.2. The molecule has 2 aliphatic heterocycles. The van der Waals surface area contributed by atoms with Gasteiger partial charge in [-0.3, -0.25) is 4.79 Å². The van der Waals surface area contributed by atoms with Crippen LogP contribution in [0.3, 0.4) is 0 Å². The zero-order valence-corrected chi connectivity index (χ0v) is 67.2. The van der Waals surface area contributed by atoms with Gasteiger partial charge in [0.25, 0.3) is 0 Å². The molecule has 0 saturated carbocycles. The minimum Gasteiger partial charge on any atom is -0.394 e. The van der Waals surface area contributed by atoms with E-state index in [9.17, 15) is 45.6 Å². The van der Waals surface area contributed by atoms with Crippen LogP contribution in [-0.4, -0.2) is 140 Å². The van der Waals surface area contributed by atoms with Crippen molar-refractivity contribution in [3.05, 3.63) is 0 Å². The molecule has 14 nitrogen and oxygen atoms in total. The van der Waals surface area contributed by atoms with Crippen molar-refractivity contribution in [1.29, 1.82) is 0 Å². The number of unbranched alkanes of at least 4 members (excludes halogenated alkanes) is 66. The summed E-state index contributed by atoms with van der Waals surface area (Å²) in [6.07, 6.45) is 76.2. The molecule has 102 heavy (non-hydrogen) atoms. The highest BCUT2D eigenvalue weighted by Crippen LogP contribution is 2.31. The van der Waals surface area contributed by atoms with Crippen molar-refractivity contribution < 1.29 is 64.6 Å². The second-order valence-electron chi connectivity index (χ2n) is 32.5. The maximum atomic E-state index is 13.4. The van der Waals surface area contributed by atoms with Gasteiger partial charge in [0, 0.05) is 6.42 Å². The number of nitrogens with one attached hydrogen (secondary N) is 1. The molecule has 0 aromatic carbocycles. The quantitative estimate of drug-likeness (QED) is 0.0259. The summed E-state index contributed by atoms with van der Waals surface area (Å²) >= 11 is 0. The lowest BCUT2D eigenvalue weighted by Gasteiger charge is -2.46. The van der Waals surface area contributed by atoms with Gasteiger partial charge in [0.2, 0.25) is 5.91 Å². The molecule has 0 aromatic heterocycles. The molecule has 0 aromatic rings. The normalized spacial score (nSPS) is 21.5. The topological polar surface area (TPSA) is 228 Å². The van der Waals surface area contributed by atoms with E-state index in [0.717, 1.165) is 51.4 Å². The standard InChI is InChI=1S/C88H173NO13/c1-3-5-7-9-11-13-15-17-19-21-23-25-27-29-31-33-35-36-37-38-39-40-42-44-46-48-50-52-54-56-58-60-62-64-66-68-70-72-80(93)89-76(75-99-87-85(98)83(96)86(79(74-91)101-87)102-88-84(97)82(95)81(94)78(73-90)100-88)77(92)71-69-67-65-63-61-59-57-55-53-51-49-47-45-43-41-34-32-30-28-26-24-22-20-18-16-14-12-10-8-6-4-2/h76-79,81-88,90-92,94-98H,3-75H2,1-2H3,(H,89,93). The molecule has 9 N–H and O–H groups in total. The van der Waals surface area contributed by atoms with Crippen molar-refractivity contribution in [3.63, 3.8) is 0 Å². The molecule has 0 aliphatic carbocycles. The van der Waals surface area contributed by atoms with Crippen LogP contribution in [0.1, 0.15) is 463 Å². The van der Waals surface area contributed by atoms with Crippen LogP contribution in [0.25, 0.3) is 0 Å². The van der Waals surface area contributed by atoms with Gasteiger partial charge in [-0.2, -0.15) is 0 Å². The number of carbonyl (C=O) groups excluding carboxylic acids is 1. The molecule has 608 valence electrons. The Balaban J connectivity index is 1.54. The third-order valence-corrected chi connectivity index (χ3v) is 22.8. The fourth-order valence-corrected chi connectivity index (χ4v) is 15.7. The van der Waals surface area contributed by atoms with E-state index >= 15 is 0 Å². The van der Waals surface area contributed by atoms with Crippen molar-refractivity contribution in [2.75, 3.05) is 19.8 Å². The molecule has 2 rings (SSSR count). The van der Waals surface area contributed by atoms with Crippen molar-refractivity contribution in [3.8, 4) is 0 Å². The lowest BCUT2D eigenvalue weighted by atomic mass is 9.97. The Morgan fingerprint density at radius 3 is 0.833 bits per heavy atom. The van der Waals surface area contributed by atoms with Crippen LogP contribution in [0.15, 0.2) is 0 Å². The Bertz CT molecular complexity index is 1710. The third-order valence-electron chi connectivity index (χ3n) is 22.8. The molecule has 2 heterocycles. The van der Waals surface area contributed by atoms with E-state index in [1.54, 1.807) is 0 Å². The van der Waals surface area contributed by atoms with Crippen LogP contribution in [0.5, 0.6) is 0 Å². The molecule has 2 fully saturated rings. The van der Waals surface area contributed by atoms with Gasteiger partial charge in [-0.05, 0) is 12.8 Å². The summed E-state index contributed by atoms with van der Waals surface area (Å²) in [5, 5.41) is 88.1. The van der Waals surface area contributed by atoms with Crippen LogP contribution in [0.4, 0.5) is 0 Å². The van der Waals surface area contributed by atoms with Gasteiger partial charge < -0.3 is 65.1 Å².